The summed E-state index contributed by atoms with van der Waals surface area (Å²) in [7, 11) is -1.55. The third-order valence-corrected chi connectivity index (χ3v) is 4.69. The molecule has 0 aliphatic rings. The van der Waals surface area contributed by atoms with Crippen molar-refractivity contribution in [1.29, 1.82) is 0 Å². The lowest BCUT2D eigenvalue weighted by Gasteiger charge is -2.15. The standard InChI is InChI=1S/C14H22N2O4S/c1-4-21(18,19)10-11(2)15-12-5-7-13(8-6-12)16-14(17)9-20-3/h5-8,11,15H,4,9-10H2,1-3H3,(H,16,17). The van der Waals surface area contributed by atoms with Gasteiger partial charge >= 0.3 is 0 Å². The van der Waals surface area contributed by atoms with Gasteiger partial charge in [-0.05, 0) is 31.2 Å². The van der Waals surface area contributed by atoms with Gasteiger partial charge in [-0.25, -0.2) is 8.42 Å². The zero-order chi connectivity index (χ0) is 15.9. The number of benzene rings is 1. The molecule has 1 aromatic rings. The average molecular weight is 314 g/mol. The lowest BCUT2D eigenvalue weighted by Crippen LogP contribution is -2.26. The number of carbonyl (C=O) groups is 1. The van der Waals surface area contributed by atoms with Crippen molar-refractivity contribution < 1.29 is 17.9 Å². The van der Waals surface area contributed by atoms with Gasteiger partial charge in [0.1, 0.15) is 6.61 Å². The molecule has 0 aliphatic carbocycles. The van der Waals surface area contributed by atoms with Gasteiger partial charge in [-0.15, -0.1) is 0 Å². The van der Waals surface area contributed by atoms with Gasteiger partial charge in [-0.1, -0.05) is 6.92 Å². The van der Waals surface area contributed by atoms with E-state index in [1.807, 2.05) is 6.92 Å². The molecule has 7 heteroatoms. The normalized spacial score (nSPS) is 12.7. The van der Waals surface area contributed by atoms with Crippen LogP contribution in [0.3, 0.4) is 0 Å². The highest BCUT2D eigenvalue weighted by atomic mass is 32.2. The molecule has 0 bridgehead atoms. The first-order valence-corrected chi connectivity index (χ1v) is 8.54. The van der Waals surface area contributed by atoms with E-state index < -0.39 is 9.84 Å². The summed E-state index contributed by atoms with van der Waals surface area (Å²) in [4.78, 5) is 11.3. The van der Waals surface area contributed by atoms with Gasteiger partial charge in [0.25, 0.3) is 0 Å². The van der Waals surface area contributed by atoms with E-state index in [1.54, 1.807) is 31.2 Å². The molecule has 0 spiro atoms. The minimum absolute atomic E-state index is 0.00587. The molecule has 2 N–H and O–H groups in total. The van der Waals surface area contributed by atoms with Gasteiger partial charge in [0.15, 0.2) is 9.84 Å². The van der Waals surface area contributed by atoms with Crippen LogP contribution < -0.4 is 10.6 Å². The number of hydrogen-bond acceptors (Lipinski definition) is 5. The number of nitrogens with one attached hydrogen (secondary N) is 2. The van der Waals surface area contributed by atoms with Crippen LogP contribution in [-0.4, -0.2) is 45.6 Å². The van der Waals surface area contributed by atoms with E-state index in [9.17, 15) is 13.2 Å². The number of methoxy groups -OCH3 is 1. The monoisotopic (exact) mass is 314 g/mol. The molecule has 0 radical (unpaired) electrons. The fourth-order valence-corrected chi connectivity index (χ4v) is 2.88. The summed E-state index contributed by atoms with van der Waals surface area (Å²) in [6.45, 7) is 3.47. The molecule has 118 valence electrons. The van der Waals surface area contributed by atoms with Crippen LogP contribution in [0, 0.1) is 0 Å². The maximum absolute atomic E-state index is 11.5. The van der Waals surface area contributed by atoms with Gasteiger partial charge in [-0.3, -0.25) is 4.79 Å². The fraction of sp³-hybridized carbons (Fsp3) is 0.500. The number of carbonyl (C=O) groups excluding carboxylic acids is 1. The molecular weight excluding hydrogens is 292 g/mol. The lowest BCUT2D eigenvalue weighted by molar-refractivity contribution is -0.119. The molecule has 0 fully saturated rings. The van der Waals surface area contributed by atoms with Crippen LogP contribution >= 0.6 is 0 Å². The van der Waals surface area contributed by atoms with Crippen molar-refractivity contribution in [2.24, 2.45) is 0 Å². The molecular formula is C14H22N2O4S. The maximum Gasteiger partial charge on any atom is 0.250 e. The third-order valence-electron chi connectivity index (χ3n) is 2.80. The summed E-state index contributed by atoms with van der Waals surface area (Å²) in [6.07, 6.45) is 0. The van der Waals surface area contributed by atoms with Crippen LogP contribution in [0.2, 0.25) is 0 Å². The van der Waals surface area contributed by atoms with Crippen LogP contribution in [0.5, 0.6) is 0 Å². The number of sulfone groups is 1. The first-order chi connectivity index (χ1) is 9.86. The van der Waals surface area contributed by atoms with E-state index in [4.69, 9.17) is 4.74 Å². The molecule has 1 rings (SSSR count). The lowest BCUT2D eigenvalue weighted by atomic mass is 10.2. The molecule has 1 aromatic carbocycles. The van der Waals surface area contributed by atoms with Crippen molar-refractivity contribution in [3.8, 4) is 0 Å². The molecule has 6 nitrogen and oxygen atoms in total. The quantitative estimate of drug-likeness (QED) is 0.760. The molecule has 0 heterocycles. The Kier molecular flexibility index (Phi) is 6.64. The van der Waals surface area contributed by atoms with Gasteiger partial charge < -0.3 is 15.4 Å². The first kappa shape index (κ1) is 17.5. The second kappa shape index (κ2) is 7.99. The molecule has 1 atom stereocenters. The Morgan fingerprint density at radius 1 is 1.24 bits per heavy atom. The molecule has 0 saturated heterocycles. The molecule has 0 aromatic heterocycles. The van der Waals surface area contributed by atoms with Crippen LogP contribution in [-0.2, 0) is 19.4 Å². The summed E-state index contributed by atoms with van der Waals surface area (Å²) in [5, 5.41) is 5.80. The summed E-state index contributed by atoms with van der Waals surface area (Å²) >= 11 is 0. The number of rotatable bonds is 8. The average Bonchev–Trinajstić information content (AvgIpc) is 2.40. The van der Waals surface area contributed by atoms with Crippen LogP contribution in [0.15, 0.2) is 24.3 Å². The largest absolute Gasteiger partial charge is 0.382 e. The van der Waals surface area contributed by atoms with Crippen LogP contribution in [0.25, 0.3) is 0 Å². The number of anilines is 2. The number of hydrogen-bond donors (Lipinski definition) is 2. The highest BCUT2D eigenvalue weighted by Crippen LogP contribution is 2.15. The second-order valence-electron chi connectivity index (χ2n) is 4.80. The van der Waals surface area contributed by atoms with E-state index in [0.29, 0.717) is 5.69 Å². The highest BCUT2D eigenvalue weighted by molar-refractivity contribution is 7.91. The van der Waals surface area contributed by atoms with Crippen molar-refractivity contribution in [3.63, 3.8) is 0 Å². The third kappa shape index (κ3) is 6.59. The minimum Gasteiger partial charge on any atom is -0.382 e. The van der Waals surface area contributed by atoms with Crippen molar-refractivity contribution in [3.05, 3.63) is 24.3 Å². The maximum atomic E-state index is 11.5. The Morgan fingerprint density at radius 3 is 2.33 bits per heavy atom. The smallest absolute Gasteiger partial charge is 0.250 e. The predicted octanol–water partition coefficient (Wildman–Crippen LogP) is 1.51. The van der Waals surface area contributed by atoms with Gasteiger partial charge in [-0.2, -0.15) is 0 Å². The predicted molar refractivity (Wildman–Crippen MR) is 84.4 cm³/mol. The van der Waals surface area contributed by atoms with Gasteiger partial charge in [0, 0.05) is 30.3 Å². The summed E-state index contributed by atoms with van der Waals surface area (Å²) in [6, 6.07) is 6.90. The first-order valence-electron chi connectivity index (χ1n) is 6.72. The minimum atomic E-state index is -3.00. The highest BCUT2D eigenvalue weighted by Gasteiger charge is 2.13. The summed E-state index contributed by atoms with van der Waals surface area (Å²) < 4.78 is 27.8. The molecule has 0 saturated carbocycles. The molecule has 1 amide bonds. The molecule has 0 aliphatic heterocycles. The van der Waals surface area contributed by atoms with Crippen molar-refractivity contribution >= 4 is 27.1 Å². The van der Waals surface area contributed by atoms with E-state index in [-0.39, 0.29) is 30.1 Å². The van der Waals surface area contributed by atoms with E-state index in [1.165, 1.54) is 7.11 Å². The summed E-state index contributed by atoms with van der Waals surface area (Å²) in [5.74, 6) is 0.0138. The Bertz CT molecular complexity index is 555. The van der Waals surface area contributed by atoms with Crippen LogP contribution in [0.1, 0.15) is 13.8 Å². The topological polar surface area (TPSA) is 84.5 Å². The van der Waals surface area contributed by atoms with Crippen molar-refractivity contribution in [2.75, 3.05) is 35.9 Å². The van der Waals surface area contributed by atoms with E-state index >= 15 is 0 Å². The Balaban J connectivity index is 2.56. The Morgan fingerprint density at radius 2 is 1.81 bits per heavy atom. The number of ether oxygens (including phenoxy) is 1. The van der Waals surface area contributed by atoms with Crippen LogP contribution in [0.4, 0.5) is 11.4 Å². The van der Waals surface area contributed by atoms with E-state index in [0.717, 1.165) is 5.69 Å². The molecule has 21 heavy (non-hydrogen) atoms. The zero-order valence-corrected chi connectivity index (χ0v) is 13.4. The fourth-order valence-electron chi connectivity index (χ4n) is 1.80. The molecule has 1 unspecified atom stereocenters. The van der Waals surface area contributed by atoms with Crippen molar-refractivity contribution in [1.82, 2.24) is 0 Å². The SMILES string of the molecule is CCS(=O)(=O)CC(C)Nc1ccc(NC(=O)COC)cc1. The van der Waals surface area contributed by atoms with Crippen molar-refractivity contribution in [2.45, 2.75) is 19.9 Å². The Hall–Kier alpha value is -1.60. The Labute approximate surface area is 125 Å². The summed E-state index contributed by atoms with van der Waals surface area (Å²) in [5.41, 5.74) is 1.47. The van der Waals surface area contributed by atoms with Gasteiger partial charge in [0.2, 0.25) is 5.91 Å². The number of amides is 1. The van der Waals surface area contributed by atoms with E-state index in [2.05, 4.69) is 10.6 Å². The van der Waals surface area contributed by atoms with Gasteiger partial charge in [0.05, 0.1) is 5.75 Å². The second-order valence-corrected chi connectivity index (χ2v) is 7.20. The zero-order valence-electron chi connectivity index (χ0n) is 12.5.